The molecule has 2 rings (SSSR count). The van der Waals surface area contributed by atoms with Gasteiger partial charge in [-0.2, -0.15) is 0 Å². The van der Waals surface area contributed by atoms with Crippen molar-refractivity contribution in [1.82, 2.24) is 5.42 Å². The van der Waals surface area contributed by atoms with E-state index in [0.717, 1.165) is 5.69 Å². The average Bonchev–Trinajstić information content (AvgIpc) is 2.27. The van der Waals surface area contributed by atoms with Gasteiger partial charge in [0.25, 0.3) is 0 Å². The van der Waals surface area contributed by atoms with Gasteiger partial charge < -0.3 is 5.43 Å². The van der Waals surface area contributed by atoms with Gasteiger partial charge in [-0.25, -0.2) is 5.42 Å². The van der Waals surface area contributed by atoms with E-state index in [0.29, 0.717) is 6.54 Å². The van der Waals surface area contributed by atoms with Crippen LogP contribution in [-0.4, -0.2) is 0 Å². The normalized spacial score (nSPS) is 18.4. The highest BCUT2D eigenvalue weighted by Crippen LogP contribution is 2.17. The predicted octanol–water partition coefficient (Wildman–Crippen LogP) is 1.12. The summed E-state index contributed by atoms with van der Waals surface area (Å²) in [6.07, 6.45) is 0. The smallest absolute Gasteiger partial charge is 0.148 e. The minimum absolute atomic E-state index is 0.677. The van der Waals surface area contributed by atoms with Crippen LogP contribution < -0.4 is 10.8 Å². The van der Waals surface area contributed by atoms with E-state index >= 15 is 0 Å². The maximum Gasteiger partial charge on any atom is 0.148 e. The van der Waals surface area contributed by atoms with Gasteiger partial charge in [-0.3, -0.25) is 0 Å². The molecule has 0 fully saturated rings. The summed E-state index contributed by atoms with van der Waals surface area (Å²) < 4.78 is 7.24. The highest BCUT2D eigenvalue weighted by Gasteiger charge is 2.05. The molecule has 1 aromatic carbocycles. The molecule has 9 heavy (non-hydrogen) atoms. The van der Waals surface area contributed by atoms with E-state index in [1.54, 1.807) is 0 Å². The topological polar surface area (TPSA) is 24.1 Å². The van der Waals surface area contributed by atoms with Crippen LogP contribution in [0.25, 0.3) is 0 Å². The van der Waals surface area contributed by atoms with Gasteiger partial charge in [0.1, 0.15) is 1.41 Å². The number of rotatable bonds is 0. The van der Waals surface area contributed by atoms with Gasteiger partial charge >= 0.3 is 0 Å². The van der Waals surface area contributed by atoms with Crippen molar-refractivity contribution in [3.63, 3.8) is 0 Å². The number of fused-ring (bicyclic) bond motifs is 1. The molecule has 2 N–H and O–H groups in total. The van der Waals surface area contributed by atoms with Gasteiger partial charge in [0, 0.05) is 6.54 Å². The van der Waals surface area contributed by atoms with Crippen LogP contribution in [0.1, 0.15) is 5.56 Å². The van der Waals surface area contributed by atoms with Gasteiger partial charge in [-0.1, -0.05) is 18.2 Å². The fourth-order valence-corrected chi connectivity index (χ4v) is 0.977. The van der Waals surface area contributed by atoms with Crippen molar-refractivity contribution in [3.05, 3.63) is 29.8 Å². The Morgan fingerprint density at radius 1 is 1.44 bits per heavy atom. The fourth-order valence-electron chi connectivity index (χ4n) is 0.977. The van der Waals surface area contributed by atoms with Crippen molar-refractivity contribution >= 4 is 5.69 Å². The number of para-hydroxylation sites is 1. The van der Waals surface area contributed by atoms with E-state index in [-0.39, 0.29) is 0 Å². The van der Waals surface area contributed by atoms with E-state index in [9.17, 15) is 0 Å². The first-order valence-electron chi connectivity index (χ1n) is 3.42. The average molecular weight is 121 g/mol. The Kier molecular flexibility index (Phi) is 0.754. The molecular formula is C7H8N2. The highest BCUT2D eigenvalue weighted by molar-refractivity contribution is 5.53. The van der Waals surface area contributed by atoms with Crippen LogP contribution in [0.5, 0.6) is 0 Å². The number of nitrogens with one attached hydrogen (secondary N) is 2. The number of hydrogen-bond donors (Lipinski definition) is 2. The first-order valence-corrected chi connectivity index (χ1v) is 2.97. The summed E-state index contributed by atoms with van der Waals surface area (Å²) in [7, 11) is 0. The third-order valence-electron chi connectivity index (χ3n) is 1.47. The van der Waals surface area contributed by atoms with E-state index in [1.807, 2.05) is 24.3 Å². The van der Waals surface area contributed by atoms with Crippen LogP contribution in [0, 0.1) is 0 Å². The standard InChI is InChI=1S/C7H8N2/c1-2-4-7-6(3-1)5-8-9-7/h1-4,8-9H,5H2/i/hD. The first kappa shape index (κ1) is 3.90. The number of anilines is 1. The Bertz CT molecular complexity index is 224. The van der Waals surface area contributed by atoms with Crippen molar-refractivity contribution in [2.45, 2.75) is 6.54 Å². The predicted molar refractivity (Wildman–Crippen MR) is 36.9 cm³/mol. The molecule has 1 heterocycles. The van der Waals surface area contributed by atoms with Gasteiger partial charge in [-0.15, -0.1) is 0 Å². The SMILES string of the molecule is [2H]N1Cc2ccccc2N1. The van der Waals surface area contributed by atoms with Crippen LogP contribution >= 0.6 is 0 Å². The number of hydrogen-bond acceptors (Lipinski definition) is 2. The summed E-state index contributed by atoms with van der Waals surface area (Å²) in [6, 6.07) is 7.95. The summed E-state index contributed by atoms with van der Waals surface area (Å²) in [4.78, 5) is 0. The molecule has 0 atom stereocenters. The third-order valence-corrected chi connectivity index (χ3v) is 1.47. The lowest BCUT2D eigenvalue weighted by molar-refractivity contribution is 0.860. The number of benzene rings is 1. The minimum Gasteiger partial charge on any atom is -0.321 e. The van der Waals surface area contributed by atoms with Gasteiger partial charge in [0.05, 0.1) is 5.69 Å². The second-order valence-corrected chi connectivity index (χ2v) is 2.09. The van der Waals surface area contributed by atoms with Crippen LogP contribution in [0.2, 0.25) is 1.41 Å². The van der Waals surface area contributed by atoms with Crippen molar-refractivity contribution in [1.29, 1.82) is 0 Å². The minimum atomic E-state index is 0.677. The van der Waals surface area contributed by atoms with E-state index < -0.39 is 0 Å². The lowest BCUT2D eigenvalue weighted by Gasteiger charge is -1.93. The first-order chi connectivity index (χ1) is 4.86. The van der Waals surface area contributed by atoms with Gasteiger partial charge in [0.15, 0.2) is 0 Å². The highest BCUT2D eigenvalue weighted by atomic mass is 15.4. The molecule has 1 aliphatic rings. The van der Waals surface area contributed by atoms with E-state index in [4.69, 9.17) is 1.41 Å². The Morgan fingerprint density at radius 3 is 3.22 bits per heavy atom. The molecule has 0 spiro atoms. The van der Waals surface area contributed by atoms with E-state index in [2.05, 4.69) is 5.43 Å². The summed E-state index contributed by atoms with van der Waals surface area (Å²) in [6.45, 7) is 0.677. The van der Waals surface area contributed by atoms with Crippen LogP contribution in [-0.2, 0) is 6.54 Å². The Morgan fingerprint density at radius 2 is 2.33 bits per heavy atom. The van der Waals surface area contributed by atoms with Crippen molar-refractivity contribution in [2.24, 2.45) is 0 Å². The molecule has 2 nitrogen and oxygen atoms in total. The zero-order valence-corrected chi connectivity index (χ0v) is 4.96. The molecule has 0 aliphatic carbocycles. The molecular weight excluding hydrogens is 112 g/mol. The Hall–Kier alpha value is -1.02. The van der Waals surface area contributed by atoms with E-state index in [1.165, 1.54) is 11.0 Å². The van der Waals surface area contributed by atoms with Crippen molar-refractivity contribution in [2.75, 3.05) is 5.43 Å². The van der Waals surface area contributed by atoms with Crippen LogP contribution in [0.4, 0.5) is 5.69 Å². The lowest BCUT2D eigenvalue weighted by Crippen LogP contribution is -2.10. The third kappa shape index (κ3) is 0.678. The molecule has 0 unspecified atom stereocenters. The molecule has 0 bridgehead atoms. The molecule has 0 amide bonds. The monoisotopic (exact) mass is 121 g/mol. The second kappa shape index (κ2) is 1.74. The van der Waals surface area contributed by atoms with Crippen molar-refractivity contribution < 1.29 is 1.41 Å². The molecule has 0 saturated heterocycles. The lowest BCUT2D eigenvalue weighted by atomic mass is 10.2. The second-order valence-electron chi connectivity index (χ2n) is 2.09. The summed E-state index contributed by atoms with van der Waals surface area (Å²) in [5.74, 6) is 0. The maximum absolute atomic E-state index is 7.24. The summed E-state index contributed by atoms with van der Waals surface area (Å²) in [5.41, 5.74) is 6.47. The Labute approximate surface area is 55.3 Å². The molecule has 0 radical (unpaired) electrons. The number of hydrazine groups is 1. The molecule has 2 heteroatoms. The van der Waals surface area contributed by atoms with Crippen LogP contribution in [0.15, 0.2) is 24.3 Å². The molecule has 0 aromatic heterocycles. The summed E-state index contributed by atoms with van der Waals surface area (Å²) >= 11 is 0. The van der Waals surface area contributed by atoms with Crippen LogP contribution in [0.3, 0.4) is 0 Å². The summed E-state index contributed by atoms with van der Waals surface area (Å²) in [5, 5.41) is 0. The van der Waals surface area contributed by atoms with Gasteiger partial charge in [-0.05, 0) is 11.6 Å². The molecule has 1 aliphatic heterocycles. The van der Waals surface area contributed by atoms with Gasteiger partial charge in [0.2, 0.25) is 0 Å². The maximum atomic E-state index is 7.24. The largest absolute Gasteiger partial charge is 0.321 e. The Balaban J connectivity index is 2.42. The zero-order valence-electron chi connectivity index (χ0n) is 5.96. The molecule has 0 saturated carbocycles. The quantitative estimate of drug-likeness (QED) is 0.537. The van der Waals surface area contributed by atoms with Crippen molar-refractivity contribution in [3.8, 4) is 0 Å². The molecule has 1 aromatic rings. The molecule has 46 valence electrons. The zero-order chi connectivity index (χ0) is 6.97. The fraction of sp³-hybridized carbons (Fsp3) is 0.143.